The molecule has 0 saturated heterocycles. The second kappa shape index (κ2) is 8.50. The minimum absolute atomic E-state index is 0.152. The molecule has 2 rings (SSSR count). The van der Waals surface area contributed by atoms with Crippen molar-refractivity contribution in [1.29, 1.82) is 0 Å². The third-order valence-corrected chi connectivity index (χ3v) is 4.82. The molecule has 0 saturated carbocycles. The molecule has 0 aromatic heterocycles. The van der Waals surface area contributed by atoms with E-state index in [9.17, 15) is 8.42 Å². The van der Waals surface area contributed by atoms with E-state index in [1.54, 1.807) is 49.6 Å². The smallest absolute Gasteiger partial charge is 0.261 e. The maximum atomic E-state index is 12.4. The number of thiocarbonyl (C=S) groups is 1. The molecule has 25 heavy (non-hydrogen) atoms. The molecule has 0 aliphatic heterocycles. The predicted molar refractivity (Wildman–Crippen MR) is 105 cm³/mol. The molecule has 0 unspecified atom stereocenters. The summed E-state index contributed by atoms with van der Waals surface area (Å²) in [7, 11) is -2.12. The van der Waals surface area contributed by atoms with Gasteiger partial charge in [-0.15, -0.1) is 6.58 Å². The summed E-state index contributed by atoms with van der Waals surface area (Å²) in [6.07, 6.45) is 1.69. The summed E-state index contributed by atoms with van der Waals surface area (Å²) < 4.78 is 32.4. The van der Waals surface area contributed by atoms with Crippen molar-refractivity contribution >= 4 is 38.7 Å². The zero-order valence-corrected chi connectivity index (χ0v) is 15.3. The summed E-state index contributed by atoms with van der Waals surface area (Å²) in [5.74, 6) is 0.652. The van der Waals surface area contributed by atoms with Gasteiger partial charge in [-0.1, -0.05) is 6.08 Å². The summed E-state index contributed by atoms with van der Waals surface area (Å²) in [5.41, 5.74) is 1.14. The summed E-state index contributed by atoms with van der Waals surface area (Å²) >= 11 is 5.10. The highest BCUT2D eigenvalue weighted by Crippen LogP contribution is 2.20. The summed E-state index contributed by atoms with van der Waals surface area (Å²) in [5, 5.41) is 6.33. The second-order valence-corrected chi connectivity index (χ2v) is 7.07. The van der Waals surface area contributed by atoms with E-state index in [2.05, 4.69) is 21.9 Å². The zero-order valence-electron chi connectivity index (χ0n) is 13.7. The molecule has 132 valence electrons. The third-order valence-electron chi connectivity index (χ3n) is 3.17. The van der Waals surface area contributed by atoms with Gasteiger partial charge in [0.1, 0.15) is 5.75 Å². The van der Waals surface area contributed by atoms with Gasteiger partial charge < -0.3 is 15.4 Å². The molecule has 0 spiro atoms. The number of ether oxygens (including phenoxy) is 1. The van der Waals surface area contributed by atoms with Crippen LogP contribution >= 0.6 is 12.2 Å². The first-order valence-electron chi connectivity index (χ1n) is 7.37. The van der Waals surface area contributed by atoms with Gasteiger partial charge in [0, 0.05) is 17.9 Å². The Hall–Kier alpha value is -2.58. The molecule has 0 fully saturated rings. The average molecular weight is 377 g/mol. The number of methoxy groups -OCH3 is 1. The molecule has 0 radical (unpaired) electrons. The Balaban J connectivity index is 2.06. The zero-order chi connectivity index (χ0) is 18.3. The number of benzene rings is 2. The van der Waals surface area contributed by atoms with E-state index in [4.69, 9.17) is 17.0 Å². The Morgan fingerprint density at radius 2 is 1.72 bits per heavy atom. The van der Waals surface area contributed by atoms with Gasteiger partial charge in [0.05, 0.1) is 12.0 Å². The van der Waals surface area contributed by atoms with Gasteiger partial charge in [0.2, 0.25) is 0 Å². The van der Waals surface area contributed by atoms with Crippen molar-refractivity contribution in [3.05, 3.63) is 61.2 Å². The number of hydrogen-bond acceptors (Lipinski definition) is 4. The molecular formula is C17H19N3O3S2. The maximum absolute atomic E-state index is 12.4. The molecule has 6 nitrogen and oxygen atoms in total. The lowest BCUT2D eigenvalue weighted by atomic mass is 10.3. The van der Waals surface area contributed by atoms with Crippen LogP contribution in [0.25, 0.3) is 0 Å². The molecule has 0 aliphatic carbocycles. The highest BCUT2D eigenvalue weighted by molar-refractivity contribution is 7.92. The lowest BCUT2D eigenvalue weighted by molar-refractivity contribution is 0.415. The SMILES string of the molecule is C=CCNC(=S)Nc1ccc(S(=O)(=O)Nc2ccc(OC)cc2)cc1. The molecule has 2 aromatic carbocycles. The predicted octanol–water partition coefficient (Wildman–Crippen LogP) is 2.97. The van der Waals surface area contributed by atoms with Crippen molar-refractivity contribution in [2.24, 2.45) is 0 Å². The highest BCUT2D eigenvalue weighted by atomic mass is 32.2. The van der Waals surface area contributed by atoms with Crippen LogP contribution in [0.3, 0.4) is 0 Å². The Bertz CT molecular complexity index is 832. The van der Waals surface area contributed by atoms with Crippen LogP contribution in [-0.4, -0.2) is 27.2 Å². The van der Waals surface area contributed by atoms with Gasteiger partial charge in [-0.2, -0.15) is 0 Å². The van der Waals surface area contributed by atoms with Gasteiger partial charge in [-0.25, -0.2) is 8.42 Å². The number of rotatable bonds is 7. The van der Waals surface area contributed by atoms with Crippen molar-refractivity contribution < 1.29 is 13.2 Å². The fourth-order valence-electron chi connectivity index (χ4n) is 1.93. The average Bonchev–Trinajstić information content (AvgIpc) is 2.61. The highest BCUT2D eigenvalue weighted by Gasteiger charge is 2.14. The van der Waals surface area contributed by atoms with E-state index >= 15 is 0 Å². The Kier molecular flexibility index (Phi) is 6.37. The maximum Gasteiger partial charge on any atom is 0.261 e. The van der Waals surface area contributed by atoms with Crippen molar-refractivity contribution in [3.8, 4) is 5.75 Å². The van der Waals surface area contributed by atoms with Crippen LogP contribution < -0.4 is 20.1 Å². The first kappa shape index (κ1) is 18.8. The van der Waals surface area contributed by atoms with Crippen LogP contribution in [-0.2, 0) is 10.0 Å². The third kappa shape index (κ3) is 5.47. The number of nitrogens with one attached hydrogen (secondary N) is 3. The standard InChI is InChI=1S/C17H19N3O3S2/c1-3-12-18-17(24)19-13-6-10-16(11-7-13)25(21,22)20-14-4-8-15(23-2)9-5-14/h3-11,20H,1,12H2,2H3,(H2,18,19,24). The van der Waals surface area contributed by atoms with Gasteiger partial charge in [-0.05, 0) is 60.7 Å². The Morgan fingerprint density at radius 3 is 2.28 bits per heavy atom. The lowest BCUT2D eigenvalue weighted by Gasteiger charge is -2.11. The minimum atomic E-state index is -3.67. The Morgan fingerprint density at radius 1 is 1.12 bits per heavy atom. The lowest BCUT2D eigenvalue weighted by Crippen LogP contribution is -2.28. The van der Waals surface area contributed by atoms with Crippen LogP contribution in [0.4, 0.5) is 11.4 Å². The molecule has 0 amide bonds. The fraction of sp³-hybridized carbons (Fsp3) is 0.118. The monoisotopic (exact) mass is 377 g/mol. The van der Waals surface area contributed by atoms with Crippen molar-refractivity contribution in [1.82, 2.24) is 5.32 Å². The van der Waals surface area contributed by atoms with Gasteiger partial charge in [-0.3, -0.25) is 4.72 Å². The first-order chi connectivity index (χ1) is 11.9. The number of anilines is 2. The van der Waals surface area contributed by atoms with Crippen LogP contribution in [0, 0.1) is 0 Å². The molecule has 0 atom stereocenters. The first-order valence-corrected chi connectivity index (χ1v) is 9.26. The molecule has 0 aliphatic rings. The van der Waals surface area contributed by atoms with E-state index in [0.717, 1.165) is 0 Å². The molecule has 3 N–H and O–H groups in total. The van der Waals surface area contributed by atoms with Crippen LogP contribution in [0.15, 0.2) is 66.1 Å². The fourth-order valence-corrected chi connectivity index (χ4v) is 3.19. The normalized spacial score (nSPS) is 10.6. The summed E-state index contributed by atoms with van der Waals surface area (Å²) in [6.45, 7) is 4.14. The summed E-state index contributed by atoms with van der Waals surface area (Å²) in [6, 6.07) is 12.9. The van der Waals surface area contributed by atoms with Gasteiger partial charge in [0.15, 0.2) is 5.11 Å². The molecule has 8 heteroatoms. The molecule has 0 bridgehead atoms. The topological polar surface area (TPSA) is 79.5 Å². The minimum Gasteiger partial charge on any atom is -0.497 e. The van der Waals surface area contributed by atoms with E-state index in [-0.39, 0.29) is 4.90 Å². The van der Waals surface area contributed by atoms with E-state index < -0.39 is 10.0 Å². The summed E-state index contributed by atoms with van der Waals surface area (Å²) in [4.78, 5) is 0.152. The number of hydrogen-bond donors (Lipinski definition) is 3. The number of sulfonamides is 1. The van der Waals surface area contributed by atoms with Crippen molar-refractivity contribution in [2.45, 2.75) is 4.90 Å². The molecular weight excluding hydrogens is 358 g/mol. The quantitative estimate of drug-likeness (QED) is 0.509. The van der Waals surface area contributed by atoms with E-state index in [1.807, 2.05) is 0 Å². The largest absolute Gasteiger partial charge is 0.497 e. The molecule has 2 aromatic rings. The van der Waals surface area contributed by atoms with E-state index in [0.29, 0.717) is 28.8 Å². The van der Waals surface area contributed by atoms with E-state index in [1.165, 1.54) is 12.1 Å². The van der Waals surface area contributed by atoms with Crippen molar-refractivity contribution in [3.63, 3.8) is 0 Å². The van der Waals surface area contributed by atoms with Gasteiger partial charge >= 0.3 is 0 Å². The van der Waals surface area contributed by atoms with Crippen molar-refractivity contribution in [2.75, 3.05) is 23.7 Å². The van der Waals surface area contributed by atoms with Crippen LogP contribution in [0.1, 0.15) is 0 Å². The Labute approximate surface area is 153 Å². The van der Waals surface area contributed by atoms with Gasteiger partial charge in [0.25, 0.3) is 10.0 Å². The van der Waals surface area contributed by atoms with Crippen LogP contribution in [0.5, 0.6) is 5.75 Å². The second-order valence-electron chi connectivity index (χ2n) is 4.98. The molecule has 0 heterocycles. The van der Waals surface area contributed by atoms with Crippen LogP contribution in [0.2, 0.25) is 0 Å².